The molecule has 0 saturated carbocycles. The van der Waals surface area contributed by atoms with Gasteiger partial charge >= 0.3 is 6.03 Å². The zero-order chi connectivity index (χ0) is 12.3. The van der Waals surface area contributed by atoms with Gasteiger partial charge in [-0.25, -0.2) is 4.79 Å². The molecule has 0 aliphatic carbocycles. The quantitative estimate of drug-likeness (QED) is 0.191. The number of hydrogen-bond acceptors (Lipinski definition) is 1. The first-order chi connectivity index (χ1) is 7.43. The number of nitrogens with zero attached hydrogens (tertiary/aromatic N) is 1. The van der Waals surface area contributed by atoms with Crippen LogP contribution >= 0.6 is 12.6 Å². The van der Waals surface area contributed by atoms with Crippen molar-refractivity contribution in [2.45, 2.75) is 13.8 Å². The lowest BCUT2D eigenvalue weighted by molar-refractivity contribution is -0.387. The third-order valence-electron chi connectivity index (χ3n) is 2.37. The van der Waals surface area contributed by atoms with Crippen molar-refractivity contribution in [3.63, 3.8) is 0 Å². The molecule has 1 aromatic rings. The molecule has 0 aliphatic rings. The molecule has 0 spiro atoms. The molecule has 1 aromatic carbocycles. The molecule has 2 amide bonds. The molecule has 0 saturated heterocycles. The predicted octanol–water partition coefficient (Wildman–Crippen LogP) is -1.27. The highest BCUT2D eigenvalue weighted by Gasteiger charge is 2.11. The largest absolute Gasteiger partial charge is 1.00 e. The first-order valence-corrected chi connectivity index (χ1v) is 5.30. The van der Waals surface area contributed by atoms with E-state index in [4.69, 9.17) is 5.73 Å². The number of thiol groups is 1. The smallest absolute Gasteiger partial charge is 0.434 e. The molecule has 0 aliphatic heterocycles. The number of urea groups is 1. The molecule has 6 heteroatoms. The van der Waals surface area contributed by atoms with Crippen LogP contribution in [-0.4, -0.2) is 22.8 Å². The number of halogens is 1. The summed E-state index contributed by atoms with van der Waals surface area (Å²) < 4.78 is 1.25. The SMILES string of the molecule is Cc1cccc(C)c1N/C(S)=[N+](\C)C(N)=O.[I-]. The van der Waals surface area contributed by atoms with Crippen molar-refractivity contribution in [3.8, 4) is 0 Å². The number of para-hydroxylation sites is 1. The molecule has 0 unspecified atom stereocenters. The van der Waals surface area contributed by atoms with Crippen molar-refractivity contribution in [2.24, 2.45) is 5.73 Å². The second-order valence-corrected chi connectivity index (χ2v) is 4.04. The monoisotopic (exact) mass is 365 g/mol. The van der Waals surface area contributed by atoms with E-state index in [2.05, 4.69) is 17.9 Å². The van der Waals surface area contributed by atoms with E-state index in [1.54, 1.807) is 7.05 Å². The van der Waals surface area contributed by atoms with E-state index in [1.807, 2.05) is 32.0 Å². The predicted molar refractivity (Wildman–Crippen MR) is 69.3 cm³/mol. The van der Waals surface area contributed by atoms with Gasteiger partial charge in [0.1, 0.15) is 5.69 Å². The van der Waals surface area contributed by atoms with Crippen LogP contribution in [0.3, 0.4) is 0 Å². The molecule has 17 heavy (non-hydrogen) atoms. The molecule has 3 N–H and O–H groups in total. The van der Waals surface area contributed by atoms with Gasteiger partial charge in [0.2, 0.25) is 0 Å². The Labute approximate surface area is 124 Å². The summed E-state index contributed by atoms with van der Waals surface area (Å²) in [6.45, 7) is 3.97. The van der Waals surface area contributed by atoms with Gasteiger partial charge in [-0.05, 0) is 25.0 Å². The number of primary amides is 1. The van der Waals surface area contributed by atoms with Crippen LogP contribution in [0.5, 0.6) is 0 Å². The van der Waals surface area contributed by atoms with Crippen LogP contribution < -0.4 is 35.0 Å². The molecule has 4 nitrogen and oxygen atoms in total. The molecule has 0 aromatic heterocycles. The number of benzene rings is 1. The van der Waals surface area contributed by atoms with Crippen molar-refractivity contribution in [1.29, 1.82) is 0 Å². The van der Waals surface area contributed by atoms with Crippen LogP contribution in [0.4, 0.5) is 10.5 Å². The maximum absolute atomic E-state index is 10.9. The van der Waals surface area contributed by atoms with E-state index < -0.39 is 6.03 Å². The minimum Gasteiger partial charge on any atom is -1.00 e. The summed E-state index contributed by atoms with van der Waals surface area (Å²) in [6.07, 6.45) is 0. The molecule has 0 bridgehead atoms. The van der Waals surface area contributed by atoms with Crippen LogP contribution in [0.1, 0.15) is 11.1 Å². The zero-order valence-corrected chi connectivity index (χ0v) is 13.0. The number of nitrogens with one attached hydrogen (secondary N) is 1. The van der Waals surface area contributed by atoms with Crippen LogP contribution in [-0.2, 0) is 0 Å². The number of amidine groups is 1. The summed E-state index contributed by atoms with van der Waals surface area (Å²) in [6, 6.07) is 5.40. The number of aryl methyl sites for hydroxylation is 2. The number of rotatable bonds is 1. The first-order valence-electron chi connectivity index (χ1n) is 4.85. The summed E-state index contributed by atoms with van der Waals surface area (Å²) in [5.41, 5.74) is 8.26. The first kappa shape index (κ1) is 16.2. The van der Waals surface area contributed by atoms with Gasteiger partial charge in [-0.3, -0.25) is 11.1 Å². The lowest BCUT2D eigenvalue weighted by atomic mass is 10.1. The Kier molecular flexibility index (Phi) is 6.54. The van der Waals surface area contributed by atoms with Gasteiger partial charge in [0.15, 0.2) is 0 Å². The summed E-state index contributed by atoms with van der Waals surface area (Å²) >= 11 is 4.20. The summed E-state index contributed by atoms with van der Waals surface area (Å²) in [5, 5.41) is 3.47. The number of anilines is 1. The van der Waals surface area contributed by atoms with Gasteiger partial charge in [-0.2, -0.15) is 4.58 Å². The number of carbonyl (C=O) groups is 1. The van der Waals surface area contributed by atoms with Gasteiger partial charge in [0.05, 0.1) is 7.05 Å². The summed E-state index contributed by atoms with van der Waals surface area (Å²) in [7, 11) is 1.56. The second kappa shape index (κ2) is 6.85. The summed E-state index contributed by atoms with van der Waals surface area (Å²) in [4.78, 5) is 10.9. The normalized spacial score (nSPS) is 11.3. The average Bonchev–Trinajstić information content (AvgIpc) is 2.22. The standard InChI is InChI=1S/C11H15N3OS.HI/c1-7-5-4-6-8(2)9(7)13-11(16)14(3)10(12)15;/h4-6H,1-3H3,(H3,12,13,15,16);1H. The molecule has 0 fully saturated rings. The Bertz CT molecular complexity index is 440. The Morgan fingerprint density at radius 3 is 2.24 bits per heavy atom. The van der Waals surface area contributed by atoms with E-state index in [-0.39, 0.29) is 24.0 Å². The van der Waals surface area contributed by atoms with Crippen LogP contribution in [0.25, 0.3) is 0 Å². The highest BCUT2D eigenvalue weighted by atomic mass is 127. The van der Waals surface area contributed by atoms with Crippen molar-refractivity contribution in [3.05, 3.63) is 29.3 Å². The fraction of sp³-hybridized carbons (Fsp3) is 0.273. The number of nitrogens with two attached hydrogens (primary N) is 1. The third kappa shape index (κ3) is 4.19. The van der Waals surface area contributed by atoms with Crippen LogP contribution in [0.2, 0.25) is 0 Å². The second-order valence-electron chi connectivity index (χ2n) is 3.61. The van der Waals surface area contributed by atoms with Crippen LogP contribution in [0.15, 0.2) is 18.2 Å². The molecular formula is C11H16IN3OS. The van der Waals surface area contributed by atoms with Crippen molar-refractivity contribution in [1.82, 2.24) is 0 Å². The van der Waals surface area contributed by atoms with Crippen molar-refractivity contribution >= 4 is 29.5 Å². The lowest BCUT2D eigenvalue weighted by Gasteiger charge is -2.09. The van der Waals surface area contributed by atoms with Gasteiger partial charge < -0.3 is 24.0 Å². The Morgan fingerprint density at radius 1 is 1.35 bits per heavy atom. The van der Waals surface area contributed by atoms with Gasteiger partial charge in [-0.1, -0.05) is 30.8 Å². The minimum atomic E-state index is -0.552. The van der Waals surface area contributed by atoms with Gasteiger partial charge in [-0.15, -0.1) is 0 Å². The van der Waals surface area contributed by atoms with E-state index in [1.165, 1.54) is 4.58 Å². The number of hydrogen-bond donors (Lipinski definition) is 3. The Morgan fingerprint density at radius 2 is 1.82 bits per heavy atom. The Hall–Kier alpha value is -0.760. The van der Waals surface area contributed by atoms with E-state index in [9.17, 15) is 4.79 Å². The molecule has 0 radical (unpaired) electrons. The molecular weight excluding hydrogens is 349 g/mol. The van der Waals surface area contributed by atoms with E-state index in [0.717, 1.165) is 16.8 Å². The van der Waals surface area contributed by atoms with E-state index >= 15 is 0 Å². The molecule has 0 heterocycles. The minimum absolute atomic E-state index is 0. The lowest BCUT2D eigenvalue weighted by Crippen LogP contribution is -3.00. The Balaban J connectivity index is 0.00000256. The highest BCUT2D eigenvalue weighted by molar-refractivity contribution is 7.97. The summed E-state index contributed by atoms with van der Waals surface area (Å²) in [5.74, 6) is 0. The van der Waals surface area contributed by atoms with Gasteiger partial charge in [0.25, 0.3) is 5.17 Å². The van der Waals surface area contributed by atoms with Crippen molar-refractivity contribution < 1.29 is 33.3 Å². The maximum atomic E-state index is 10.9. The molecule has 1 rings (SSSR count). The highest BCUT2D eigenvalue weighted by Crippen LogP contribution is 2.19. The fourth-order valence-electron chi connectivity index (χ4n) is 1.31. The number of carbonyl (C=O) groups excluding carboxylic acids is 1. The van der Waals surface area contributed by atoms with Crippen molar-refractivity contribution in [2.75, 3.05) is 12.4 Å². The average molecular weight is 365 g/mol. The van der Waals surface area contributed by atoms with Crippen LogP contribution in [0, 0.1) is 13.8 Å². The van der Waals surface area contributed by atoms with E-state index in [0.29, 0.717) is 5.17 Å². The number of amides is 2. The molecule has 0 atom stereocenters. The third-order valence-corrected chi connectivity index (χ3v) is 2.78. The topological polar surface area (TPSA) is 58.1 Å². The van der Waals surface area contributed by atoms with Gasteiger partial charge in [0, 0.05) is 0 Å². The maximum Gasteiger partial charge on any atom is 0.434 e. The molecule has 94 valence electrons. The zero-order valence-electron chi connectivity index (χ0n) is 9.99. The fourth-order valence-corrected chi connectivity index (χ4v) is 1.52.